The summed E-state index contributed by atoms with van der Waals surface area (Å²) in [5.74, 6) is -1.54. The highest BCUT2D eigenvalue weighted by molar-refractivity contribution is 7.18. The van der Waals surface area contributed by atoms with Gasteiger partial charge in [-0.1, -0.05) is 41.7 Å². The summed E-state index contributed by atoms with van der Waals surface area (Å²) in [5, 5.41) is 22.0. The van der Waals surface area contributed by atoms with Gasteiger partial charge in [0.15, 0.2) is 0 Å². The molecule has 0 saturated carbocycles. The van der Waals surface area contributed by atoms with E-state index in [2.05, 4.69) is 15.5 Å². The Bertz CT molecular complexity index is 914. The van der Waals surface area contributed by atoms with E-state index in [-0.39, 0.29) is 10.7 Å². The second-order valence-electron chi connectivity index (χ2n) is 4.65. The van der Waals surface area contributed by atoms with Gasteiger partial charge in [0.2, 0.25) is 5.13 Å². The number of nitro benzene ring substituents is 1. The molecule has 3 aromatic rings. The van der Waals surface area contributed by atoms with Crippen LogP contribution in [0.3, 0.4) is 0 Å². The van der Waals surface area contributed by atoms with Crippen LogP contribution in [-0.4, -0.2) is 21.0 Å². The molecule has 0 aliphatic heterocycles. The molecule has 0 radical (unpaired) electrons. The first-order valence-corrected chi connectivity index (χ1v) is 7.50. The Morgan fingerprint density at radius 2 is 1.92 bits per heavy atom. The van der Waals surface area contributed by atoms with Crippen molar-refractivity contribution < 1.29 is 14.1 Å². The molecule has 2 aromatic carbocycles. The van der Waals surface area contributed by atoms with Crippen LogP contribution in [0.4, 0.5) is 15.2 Å². The predicted octanol–water partition coefficient (Wildman–Crippen LogP) is 3.50. The minimum atomic E-state index is -0.812. The molecule has 9 heteroatoms. The topological polar surface area (TPSA) is 98.0 Å². The molecule has 0 spiro atoms. The van der Waals surface area contributed by atoms with Crippen molar-refractivity contribution in [3.8, 4) is 10.6 Å². The zero-order valence-corrected chi connectivity index (χ0v) is 12.8. The number of benzene rings is 2. The molecule has 3 rings (SSSR count). The van der Waals surface area contributed by atoms with E-state index in [0.29, 0.717) is 11.1 Å². The molecule has 0 atom stereocenters. The van der Waals surface area contributed by atoms with Gasteiger partial charge >= 0.3 is 0 Å². The SMILES string of the molecule is O=C(Nc1nnc(-c2ccccc2)s1)c1ccc(F)cc1[N+](=O)[O-]. The summed E-state index contributed by atoms with van der Waals surface area (Å²) >= 11 is 1.13. The van der Waals surface area contributed by atoms with Crippen LogP contribution in [0.15, 0.2) is 48.5 Å². The van der Waals surface area contributed by atoms with E-state index in [0.717, 1.165) is 29.0 Å². The van der Waals surface area contributed by atoms with Gasteiger partial charge < -0.3 is 0 Å². The minimum absolute atomic E-state index is 0.192. The highest BCUT2D eigenvalue weighted by Crippen LogP contribution is 2.27. The highest BCUT2D eigenvalue weighted by atomic mass is 32.1. The summed E-state index contributed by atoms with van der Waals surface area (Å²) in [6, 6.07) is 12.0. The van der Waals surface area contributed by atoms with Crippen LogP contribution in [-0.2, 0) is 0 Å². The highest BCUT2D eigenvalue weighted by Gasteiger charge is 2.22. The average molecular weight is 344 g/mol. The van der Waals surface area contributed by atoms with Crippen LogP contribution >= 0.6 is 11.3 Å². The molecular formula is C15H9FN4O3S. The van der Waals surface area contributed by atoms with E-state index < -0.39 is 22.3 Å². The fourth-order valence-electron chi connectivity index (χ4n) is 1.98. The number of aromatic nitrogens is 2. The quantitative estimate of drug-likeness (QED) is 0.577. The zero-order chi connectivity index (χ0) is 17.1. The summed E-state index contributed by atoms with van der Waals surface area (Å²) in [7, 11) is 0. The fourth-order valence-corrected chi connectivity index (χ4v) is 2.73. The number of anilines is 1. The second-order valence-corrected chi connectivity index (χ2v) is 5.63. The standard InChI is InChI=1S/C15H9FN4O3S/c16-10-6-7-11(12(8-10)20(22)23)13(21)17-15-19-18-14(24-15)9-4-2-1-3-5-9/h1-8H,(H,17,19,21). The molecule has 7 nitrogen and oxygen atoms in total. The van der Waals surface area contributed by atoms with E-state index in [1.807, 2.05) is 30.3 Å². The molecule has 1 heterocycles. The monoisotopic (exact) mass is 344 g/mol. The third kappa shape index (κ3) is 3.25. The normalized spacial score (nSPS) is 10.4. The lowest BCUT2D eigenvalue weighted by atomic mass is 10.1. The molecule has 120 valence electrons. The maximum atomic E-state index is 13.1. The van der Waals surface area contributed by atoms with Crippen molar-refractivity contribution in [3.63, 3.8) is 0 Å². The molecule has 0 bridgehead atoms. The zero-order valence-electron chi connectivity index (χ0n) is 12.0. The first-order valence-electron chi connectivity index (χ1n) is 6.69. The Morgan fingerprint density at radius 3 is 2.62 bits per heavy atom. The summed E-state index contributed by atoms with van der Waals surface area (Å²) in [6.45, 7) is 0. The van der Waals surface area contributed by atoms with Crippen molar-refractivity contribution in [2.75, 3.05) is 5.32 Å². The summed E-state index contributed by atoms with van der Waals surface area (Å²) in [5.41, 5.74) is -0.0265. The van der Waals surface area contributed by atoms with Crippen LogP contribution in [0, 0.1) is 15.9 Å². The van der Waals surface area contributed by atoms with Crippen LogP contribution in [0.1, 0.15) is 10.4 Å². The molecule has 0 aliphatic carbocycles. The number of hydrogen-bond donors (Lipinski definition) is 1. The molecule has 0 fully saturated rings. The molecule has 24 heavy (non-hydrogen) atoms. The smallest absolute Gasteiger partial charge is 0.285 e. The molecule has 0 unspecified atom stereocenters. The third-order valence-corrected chi connectivity index (χ3v) is 3.96. The van der Waals surface area contributed by atoms with E-state index in [4.69, 9.17) is 0 Å². The lowest BCUT2D eigenvalue weighted by Crippen LogP contribution is -2.14. The number of nitro groups is 1. The van der Waals surface area contributed by atoms with Gasteiger partial charge in [0, 0.05) is 5.56 Å². The molecule has 1 aromatic heterocycles. The van der Waals surface area contributed by atoms with Crippen molar-refractivity contribution in [2.45, 2.75) is 0 Å². The van der Waals surface area contributed by atoms with Gasteiger partial charge in [0.05, 0.1) is 11.0 Å². The van der Waals surface area contributed by atoms with Crippen molar-refractivity contribution in [2.24, 2.45) is 0 Å². The van der Waals surface area contributed by atoms with E-state index in [1.165, 1.54) is 0 Å². The molecular weight excluding hydrogens is 335 g/mol. The number of carbonyl (C=O) groups is 1. The molecule has 0 saturated heterocycles. The van der Waals surface area contributed by atoms with Gasteiger partial charge in [-0.15, -0.1) is 10.2 Å². The number of hydrogen-bond acceptors (Lipinski definition) is 6. The maximum absolute atomic E-state index is 13.1. The molecule has 0 aliphatic rings. The Balaban J connectivity index is 1.84. The Morgan fingerprint density at radius 1 is 1.17 bits per heavy atom. The van der Waals surface area contributed by atoms with Crippen molar-refractivity contribution in [1.82, 2.24) is 10.2 Å². The van der Waals surface area contributed by atoms with Crippen molar-refractivity contribution >= 4 is 28.1 Å². The first kappa shape index (κ1) is 15.7. The van der Waals surface area contributed by atoms with Crippen molar-refractivity contribution in [1.29, 1.82) is 0 Å². The second kappa shape index (κ2) is 6.50. The van der Waals surface area contributed by atoms with Crippen LogP contribution in [0.25, 0.3) is 10.6 Å². The number of carbonyl (C=O) groups excluding carboxylic acids is 1. The van der Waals surface area contributed by atoms with Gasteiger partial charge in [0.1, 0.15) is 16.4 Å². The largest absolute Gasteiger partial charge is 0.296 e. The van der Waals surface area contributed by atoms with Gasteiger partial charge in [-0.25, -0.2) is 4.39 Å². The van der Waals surface area contributed by atoms with Crippen molar-refractivity contribution in [3.05, 3.63) is 70.0 Å². The van der Waals surface area contributed by atoms with Gasteiger partial charge in [-0.3, -0.25) is 20.2 Å². The lowest BCUT2D eigenvalue weighted by Gasteiger charge is -2.02. The Hall–Kier alpha value is -3.20. The van der Waals surface area contributed by atoms with Gasteiger partial charge in [-0.2, -0.15) is 0 Å². The minimum Gasteiger partial charge on any atom is -0.296 e. The van der Waals surface area contributed by atoms with Crippen LogP contribution < -0.4 is 5.32 Å². The van der Waals surface area contributed by atoms with Crippen LogP contribution in [0.2, 0.25) is 0 Å². The summed E-state index contributed by atoms with van der Waals surface area (Å²) < 4.78 is 13.1. The van der Waals surface area contributed by atoms with E-state index >= 15 is 0 Å². The number of amides is 1. The summed E-state index contributed by atoms with van der Waals surface area (Å²) in [6.07, 6.45) is 0. The van der Waals surface area contributed by atoms with Gasteiger partial charge in [0.25, 0.3) is 11.6 Å². The number of halogens is 1. The number of rotatable bonds is 4. The first-order chi connectivity index (χ1) is 11.5. The van der Waals surface area contributed by atoms with E-state index in [9.17, 15) is 19.3 Å². The maximum Gasteiger partial charge on any atom is 0.285 e. The van der Waals surface area contributed by atoms with E-state index in [1.54, 1.807) is 0 Å². The van der Waals surface area contributed by atoms with Gasteiger partial charge in [-0.05, 0) is 12.1 Å². The Labute approximate surface area is 138 Å². The fraction of sp³-hybridized carbons (Fsp3) is 0. The molecule has 1 N–H and O–H groups in total. The lowest BCUT2D eigenvalue weighted by molar-refractivity contribution is -0.385. The Kier molecular flexibility index (Phi) is 4.25. The molecule has 1 amide bonds. The summed E-state index contributed by atoms with van der Waals surface area (Å²) in [4.78, 5) is 22.3. The van der Waals surface area contributed by atoms with Crippen LogP contribution in [0.5, 0.6) is 0 Å². The number of nitrogens with one attached hydrogen (secondary N) is 1. The average Bonchev–Trinajstić information content (AvgIpc) is 3.04. The third-order valence-electron chi connectivity index (χ3n) is 3.07. The number of nitrogens with zero attached hydrogens (tertiary/aromatic N) is 3. The predicted molar refractivity (Wildman–Crippen MR) is 86.4 cm³/mol.